The van der Waals surface area contributed by atoms with Crippen LogP contribution in [0.2, 0.25) is 0 Å². The lowest BCUT2D eigenvalue weighted by atomic mass is 10.4. The average molecular weight is 260 g/mol. The summed E-state index contributed by atoms with van der Waals surface area (Å²) in [5.74, 6) is 0. The average Bonchev–Trinajstić information content (AvgIpc) is 2.50. The van der Waals surface area contributed by atoms with Gasteiger partial charge in [-0.25, -0.2) is 9.97 Å². The largest absolute Gasteiger partial charge is 0.341 e. The van der Waals surface area contributed by atoms with Gasteiger partial charge in [0.1, 0.15) is 5.52 Å². The number of aromatic amines is 1. The van der Waals surface area contributed by atoms with Crippen molar-refractivity contribution in [3.8, 4) is 0 Å². The highest BCUT2D eigenvalue weighted by Gasteiger charge is 2.00. The maximum atomic E-state index is 4.06. The zero-order valence-corrected chi connectivity index (χ0v) is 7.66. The van der Waals surface area contributed by atoms with Gasteiger partial charge in [0.15, 0.2) is 5.65 Å². The number of hydrogen-bond acceptors (Lipinski definition) is 3. The lowest BCUT2D eigenvalue weighted by molar-refractivity contribution is 1.30. The van der Waals surface area contributed by atoms with E-state index in [2.05, 4.69) is 41.3 Å². The first-order valence-electron chi connectivity index (χ1n) is 3.06. The van der Waals surface area contributed by atoms with Crippen LogP contribution < -0.4 is 3.53 Å². The molecule has 5 heteroatoms. The first-order chi connectivity index (χ1) is 5.42. The molecule has 0 aliphatic carbocycles. The number of fused-ring (bicyclic) bond motifs is 1. The number of hydrogen-bond donors (Lipinski definition) is 2. The molecule has 0 aliphatic heterocycles. The number of aromatic nitrogens is 3. The van der Waals surface area contributed by atoms with Crippen LogP contribution in [-0.2, 0) is 0 Å². The molecule has 0 unspecified atom stereocenters. The van der Waals surface area contributed by atoms with E-state index >= 15 is 0 Å². The third kappa shape index (κ3) is 1.05. The minimum absolute atomic E-state index is 0.742. The van der Waals surface area contributed by atoms with E-state index in [0.29, 0.717) is 0 Å². The lowest BCUT2D eigenvalue weighted by Crippen LogP contribution is -1.83. The lowest BCUT2D eigenvalue weighted by Gasteiger charge is -1.96. The first kappa shape index (κ1) is 6.84. The van der Waals surface area contributed by atoms with Gasteiger partial charge in [-0.15, -0.1) is 0 Å². The van der Waals surface area contributed by atoms with Gasteiger partial charge < -0.3 is 8.51 Å². The number of anilines is 1. The SMILES string of the molecule is INc1ccnc2nc[nH]c12. The van der Waals surface area contributed by atoms with Gasteiger partial charge in [0.05, 0.1) is 34.9 Å². The summed E-state index contributed by atoms with van der Waals surface area (Å²) in [4.78, 5) is 11.1. The Morgan fingerprint density at radius 2 is 2.36 bits per heavy atom. The number of H-pyrrole nitrogens is 1. The van der Waals surface area contributed by atoms with E-state index in [0.717, 1.165) is 16.9 Å². The van der Waals surface area contributed by atoms with Gasteiger partial charge in [0.2, 0.25) is 0 Å². The number of pyridine rings is 1. The zero-order chi connectivity index (χ0) is 7.68. The fourth-order valence-electron chi connectivity index (χ4n) is 0.928. The van der Waals surface area contributed by atoms with Crippen molar-refractivity contribution in [3.05, 3.63) is 18.6 Å². The van der Waals surface area contributed by atoms with Crippen molar-refractivity contribution in [1.29, 1.82) is 0 Å². The Kier molecular flexibility index (Phi) is 1.65. The van der Waals surface area contributed by atoms with Gasteiger partial charge in [-0.1, -0.05) is 0 Å². The quantitative estimate of drug-likeness (QED) is 0.606. The van der Waals surface area contributed by atoms with Crippen LogP contribution in [0.15, 0.2) is 18.6 Å². The maximum Gasteiger partial charge on any atom is 0.179 e. The van der Waals surface area contributed by atoms with Crippen molar-refractivity contribution in [2.75, 3.05) is 3.53 Å². The van der Waals surface area contributed by atoms with E-state index in [4.69, 9.17) is 0 Å². The third-order valence-corrected chi connectivity index (χ3v) is 2.01. The fourth-order valence-corrected chi connectivity index (χ4v) is 1.38. The molecular formula is C6H5IN4. The number of imidazole rings is 1. The van der Waals surface area contributed by atoms with Crippen LogP contribution in [0, 0.1) is 0 Å². The Hall–Kier alpha value is -0.850. The molecule has 2 N–H and O–H groups in total. The summed E-state index contributed by atoms with van der Waals surface area (Å²) in [7, 11) is 0. The van der Waals surface area contributed by atoms with Crippen molar-refractivity contribution in [2.45, 2.75) is 0 Å². The molecule has 0 atom stereocenters. The van der Waals surface area contributed by atoms with Crippen LogP contribution in [0.4, 0.5) is 5.69 Å². The topological polar surface area (TPSA) is 53.6 Å². The molecule has 0 amide bonds. The molecule has 0 aromatic carbocycles. The molecule has 4 nitrogen and oxygen atoms in total. The molecule has 2 rings (SSSR count). The smallest absolute Gasteiger partial charge is 0.179 e. The van der Waals surface area contributed by atoms with E-state index in [1.165, 1.54) is 0 Å². The summed E-state index contributed by atoms with van der Waals surface area (Å²) in [6.45, 7) is 0. The Morgan fingerprint density at radius 3 is 3.18 bits per heavy atom. The standard InChI is InChI=1S/C6H5IN4/c7-11-4-1-2-8-6-5(4)9-3-10-6/h1-3H,(H2,8,9,10,11). The van der Waals surface area contributed by atoms with Gasteiger partial charge >= 0.3 is 0 Å². The Bertz CT molecular complexity index is 369. The summed E-state index contributed by atoms with van der Waals surface area (Å²) < 4.78 is 3.01. The number of nitrogens with zero attached hydrogens (tertiary/aromatic N) is 2. The van der Waals surface area contributed by atoms with E-state index in [1.54, 1.807) is 12.5 Å². The summed E-state index contributed by atoms with van der Waals surface area (Å²) in [5.41, 5.74) is 2.70. The highest BCUT2D eigenvalue weighted by Crippen LogP contribution is 2.18. The van der Waals surface area contributed by atoms with Crippen LogP contribution in [-0.4, -0.2) is 15.0 Å². The summed E-state index contributed by atoms with van der Waals surface area (Å²) in [6.07, 6.45) is 3.36. The van der Waals surface area contributed by atoms with Crippen molar-refractivity contribution in [2.24, 2.45) is 0 Å². The zero-order valence-electron chi connectivity index (χ0n) is 5.50. The predicted octanol–water partition coefficient (Wildman–Crippen LogP) is 1.72. The van der Waals surface area contributed by atoms with E-state index in [-0.39, 0.29) is 0 Å². The minimum atomic E-state index is 0.742. The van der Waals surface area contributed by atoms with Crippen LogP contribution in [0.1, 0.15) is 0 Å². The summed E-state index contributed by atoms with van der Waals surface area (Å²) in [6, 6.07) is 1.90. The van der Waals surface area contributed by atoms with Gasteiger partial charge in [0, 0.05) is 6.20 Å². The van der Waals surface area contributed by atoms with Gasteiger partial charge in [0.25, 0.3) is 0 Å². The first-order valence-corrected chi connectivity index (χ1v) is 4.14. The van der Waals surface area contributed by atoms with Gasteiger partial charge in [-0.3, -0.25) is 0 Å². The van der Waals surface area contributed by atoms with Crippen LogP contribution in [0.25, 0.3) is 11.2 Å². The van der Waals surface area contributed by atoms with Crippen molar-refractivity contribution < 1.29 is 0 Å². The second kappa shape index (κ2) is 2.65. The molecule has 0 spiro atoms. The van der Waals surface area contributed by atoms with Crippen molar-refractivity contribution in [1.82, 2.24) is 15.0 Å². The molecule has 0 aliphatic rings. The van der Waals surface area contributed by atoms with E-state index in [9.17, 15) is 0 Å². The molecule has 56 valence electrons. The van der Waals surface area contributed by atoms with E-state index in [1.807, 2.05) is 6.07 Å². The minimum Gasteiger partial charge on any atom is -0.341 e. The summed E-state index contributed by atoms with van der Waals surface area (Å²) >= 11 is 2.07. The molecule has 11 heavy (non-hydrogen) atoms. The number of nitrogens with one attached hydrogen (secondary N) is 2. The second-order valence-corrected chi connectivity index (χ2v) is 2.59. The molecule has 2 heterocycles. The molecular weight excluding hydrogens is 255 g/mol. The fraction of sp³-hybridized carbons (Fsp3) is 0. The Labute approximate surface area is 76.9 Å². The Morgan fingerprint density at radius 1 is 1.45 bits per heavy atom. The third-order valence-electron chi connectivity index (χ3n) is 1.43. The van der Waals surface area contributed by atoms with Gasteiger partial charge in [-0.05, 0) is 6.07 Å². The highest BCUT2D eigenvalue weighted by atomic mass is 127. The Balaban J connectivity index is 2.79. The van der Waals surface area contributed by atoms with Crippen molar-refractivity contribution >= 4 is 39.7 Å². The molecule has 2 aromatic heterocycles. The predicted molar refractivity (Wildman–Crippen MR) is 51.5 cm³/mol. The maximum absolute atomic E-state index is 4.06. The normalized spacial score (nSPS) is 10.3. The van der Waals surface area contributed by atoms with Gasteiger partial charge in [-0.2, -0.15) is 0 Å². The number of rotatable bonds is 1. The van der Waals surface area contributed by atoms with Crippen molar-refractivity contribution in [3.63, 3.8) is 0 Å². The molecule has 0 saturated carbocycles. The highest BCUT2D eigenvalue weighted by molar-refractivity contribution is 14.1. The molecule has 0 bridgehead atoms. The number of halogens is 1. The summed E-state index contributed by atoms with van der Waals surface area (Å²) in [5, 5.41) is 0. The van der Waals surface area contributed by atoms with Crippen LogP contribution in [0.3, 0.4) is 0 Å². The molecule has 0 fully saturated rings. The van der Waals surface area contributed by atoms with E-state index < -0.39 is 0 Å². The monoisotopic (exact) mass is 260 g/mol. The second-order valence-electron chi connectivity index (χ2n) is 2.05. The van der Waals surface area contributed by atoms with Crippen LogP contribution in [0.5, 0.6) is 0 Å². The molecule has 0 saturated heterocycles. The van der Waals surface area contributed by atoms with Crippen LogP contribution >= 0.6 is 22.9 Å². The molecule has 0 radical (unpaired) electrons. The molecule has 2 aromatic rings.